The van der Waals surface area contributed by atoms with Crippen molar-refractivity contribution in [3.63, 3.8) is 0 Å². The first kappa shape index (κ1) is 11.0. The van der Waals surface area contributed by atoms with E-state index >= 15 is 0 Å². The van der Waals surface area contributed by atoms with Crippen molar-refractivity contribution in [1.29, 1.82) is 0 Å². The maximum atomic E-state index is 5.49. The monoisotopic (exact) mass is 258 g/mol. The van der Waals surface area contributed by atoms with Crippen molar-refractivity contribution < 1.29 is 14.0 Å². The molecule has 2 aromatic rings. The molecule has 1 atom stereocenters. The number of rotatable bonds is 2. The van der Waals surface area contributed by atoms with Gasteiger partial charge >= 0.3 is 0 Å². The lowest BCUT2D eigenvalue weighted by Crippen LogP contribution is -1.99. The van der Waals surface area contributed by atoms with Crippen LogP contribution in [0.2, 0.25) is 0 Å². The van der Waals surface area contributed by atoms with E-state index in [0.717, 1.165) is 43.2 Å². The minimum absolute atomic E-state index is 0.273. The first-order valence-corrected chi connectivity index (χ1v) is 6.57. The van der Waals surface area contributed by atoms with Gasteiger partial charge in [0.25, 0.3) is 5.89 Å². The number of hydrogen-bond donors (Lipinski definition) is 0. The Labute approximate surface area is 110 Å². The fourth-order valence-electron chi connectivity index (χ4n) is 2.58. The van der Waals surface area contributed by atoms with Gasteiger partial charge in [0.2, 0.25) is 0 Å². The Morgan fingerprint density at radius 3 is 3.11 bits per heavy atom. The average Bonchev–Trinajstić information content (AvgIpc) is 3.18. The van der Waals surface area contributed by atoms with Gasteiger partial charge in [-0.25, -0.2) is 0 Å². The molecule has 0 bridgehead atoms. The topological polar surface area (TPSA) is 57.4 Å². The van der Waals surface area contributed by atoms with Crippen LogP contribution in [0.4, 0.5) is 0 Å². The second-order valence-corrected chi connectivity index (χ2v) is 4.94. The summed E-state index contributed by atoms with van der Waals surface area (Å²) in [6, 6.07) is 6.01. The molecule has 2 aliphatic rings. The predicted octanol–water partition coefficient (Wildman–Crippen LogP) is 2.18. The van der Waals surface area contributed by atoms with E-state index in [1.807, 2.05) is 12.1 Å². The highest BCUT2D eigenvalue weighted by atomic mass is 16.5. The van der Waals surface area contributed by atoms with E-state index in [2.05, 4.69) is 16.2 Å². The van der Waals surface area contributed by atoms with Gasteiger partial charge in [-0.1, -0.05) is 5.16 Å². The third kappa shape index (κ3) is 1.90. The van der Waals surface area contributed by atoms with E-state index in [-0.39, 0.29) is 5.92 Å². The van der Waals surface area contributed by atoms with E-state index in [9.17, 15) is 0 Å². The SMILES string of the molecule is c1cc2c(cc1-c1nc([C@H]3CCOC3)no1)CCO2. The van der Waals surface area contributed by atoms with Gasteiger partial charge in [0.05, 0.1) is 13.2 Å². The van der Waals surface area contributed by atoms with Crippen LogP contribution in [-0.4, -0.2) is 30.0 Å². The summed E-state index contributed by atoms with van der Waals surface area (Å²) in [4.78, 5) is 4.49. The Balaban J connectivity index is 1.65. The molecule has 0 spiro atoms. The van der Waals surface area contributed by atoms with Crippen LogP contribution in [0.3, 0.4) is 0 Å². The summed E-state index contributed by atoms with van der Waals surface area (Å²) in [7, 11) is 0. The first-order chi connectivity index (χ1) is 9.40. The third-order valence-electron chi connectivity index (χ3n) is 3.67. The summed E-state index contributed by atoms with van der Waals surface area (Å²) in [5.41, 5.74) is 2.17. The van der Waals surface area contributed by atoms with Crippen molar-refractivity contribution in [2.45, 2.75) is 18.8 Å². The maximum absolute atomic E-state index is 5.49. The summed E-state index contributed by atoms with van der Waals surface area (Å²) >= 11 is 0. The summed E-state index contributed by atoms with van der Waals surface area (Å²) in [5, 5.41) is 4.07. The molecule has 5 heteroatoms. The summed E-state index contributed by atoms with van der Waals surface area (Å²) in [6.45, 7) is 2.23. The van der Waals surface area contributed by atoms with Crippen molar-refractivity contribution in [3.8, 4) is 17.2 Å². The highest BCUT2D eigenvalue weighted by Crippen LogP contribution is 2.31. The van der Waals surface area contributed by atoms with Crippen molar-refractivity contribution in [1.82, 2.24) is 10.1 Å². The van der Waals surface area contributed by atoms with Crippen LogP contribution in [0.1, 0.15) is 23.7 Å². The van der Waals surface area contributed by atoms with Gasteiger partial charge in [-0.3, -0.25) is 0 Å². The van der Waals surface area contributed by atoms with Crippen LogP contribution in [0, 0.1) is 0 Å². The Kier molecular flexibility index (Phi) is 2.51. The zero-order valence-corrected chi connectivity index (χ0v) is 10.5. The highest BCUT2D eigenvalue weighted by Gasteiger charge is 2.24. The van der Waals surface area contributed by atoms with Crippen molar-refractivity contribution in [2.75, 3.05) is 19.8 Å². The van der Waals surface area contributed by atoms with Crippen LogP contribution < -0.4 is 4.74 Å². The van der Waals surface area contributed by atoms with E-state index in [1.165, 1.54) is 5.56 Å². The Bertz CT molecular complexity index is 602. The molecule has 19 heavy (non-hydrogen) atoms. The lowest BCUT2D eigenvalue weighted by atomic mass is 10.1. The minimum atomic E-state index is 0.273. The molecule has 0 radical (unpaired) electrons. The molecule has 0 amide bonds. The second kappa shape index (κ2) is 4.35. The van der Waals surface area contributed by atoms with Crippen LogP contribution in [-0.2, 0) is 11.2 Å². The molecule has 0 N–H and O–H groups in total. The van der Waals surface area contributed by atoms with Crippen LogP contribution in [0.25, 0.3) is 11.5 Å². The van der Waals surface area contributed by atoms with E-state index in [4.69, 9.17) is 14.0 Å². The lowest BCUT2D eigenvalue weighted by molar-refractivity contribution is 0.192. The van der Waals surface area contributed by atoms with Gasteiger partial charge < -0.3 is 14.0 Å². The lowest BCUT2D eigenvalue weighted by Gasteiger charge is -2.00. The maximum Gasteiger partial charge on any atom is 0.257 e. The molecule has 98 valence electrons. The molecule has 4 rings (SSSR count). The molecule has 0 saturated carbocycles. The summed E-state index contributed by atoms with van der Waals surface area (Å²) in [5.74, 6) is 2.57. The van der Waals surface area contributed by atoms with E-state index in [0.29, 0.717) is 12.5 Å². The number of benzene rings is 1. The number of hydrogen-bond acceptors (Lipinski definition) is 5. The van der Waals surface area contributed by atoms with E-state index in [1.54, 1.807) is 0 Å². The standard InChI is InChI=1S/C14H14N2O3/c1-2-12-9(4-6-18-12)7-10(1)14-15-13(16-19-14)11-3-5-17-8-11/h1-2,7,11H,3-6,8H2/t11-/m0/s1. The smallest absolute Gasteiger partial charge is 0.257 e. The van der Waals surface area contributed by atoms with Crippen LogP contribution in [0.5, 0.6) is 5.75 Å². The van der Waals surface area contributed by atoms with Gasteiger partial charge in [-0.2, -0.15) is 4.98 Å². The number of aromatic nitrogens is 2. The molecule has 1 fully saturated rings. The summed E-state index contributed by atoms with van der Waals surface area (Å²) in [6.07, 6.45) is 1.91. The zero-order valence-electron chi connectivity index (χ0n) is 10.5. The first-order valence-electron chi connectivity index (χ1n) is 6.57. The van der Waals surface area contributed by atoms with Crippen molar-refractivity contribution >= 4 is 0 Å². The Morgan fingerprint density at radius 1 is 1.21 bits per heavy atom. The molecule has 1 saturated heterocycles. The summed E-state index contributed by atoms with van der Waals surface area (Å²) < 4.78 is 16.2. The predicted molar refractivity (Wildman–Crippen MR) is 67.1 cm³/mol. The largest absolute Gasteiger partial charge is 0.493 e. The van der Waals surface area contributed by atoms with E-state index < -0.39 is 0 Å². The fourth-order valence-corrected chi connectivity index (χ4v) is 2.58. The Hall–Kier alpha value is -1.88. The molecule has 0 aliphatic carbocycles. The quantitative estimate of drug-likeness (QED) is 0.826. The van der Waals surface area contributed by atoms with Gasteiger partial charge in [0, 0.05) is 24.5 Å². The second-order valence-electron chi connectivity index (χ2n) is 4.94. The molecule has 5 nitrogen and oxygen atoms in total. The molecular weight excluding hydrogens is 244 g/mol. The van der Waals surface area contributed by atoms with Crippen LogP contribution in [0.15, 0.2) is 22.7 Å². The highest BCUT2D eigenvalue weighted by molar-refractivity contribution is 5.58. The van der Waals surface area contributed by atoms with Crippen molar-refractivity contribution in [3.05, 3.63) is 29.6 Å². The molecule has 1 aromatic heterocycles. The molecule has 1 aromatic carbocycles. The normalized spacial score (nSPS) is 21.4. The molecule has 3 heterocycles. The zero-order chi connectivity index (χ0) is 12.7. The number of nitrogens with zero attached hydrogens (tertiary/aromatic N) is 2. The fraction of sp³-hybridized carbons (Fsp3) is 0.429. The molecule has 0 unspecified atom stereocenters. The molecule has 2 aliphatic heterocycles. The average molecular weight is 258 g/mol. The van der Waals surface area contributed by atoms with Gasteiger partial charge in [-0.15, -0.1) is 0 Å². The van der Waals surface area contributed by atoms with Gasteiger partial charge in [0.15, 0.2) is 5.82 Å². The Morgan fingerprint density at radius 2 is 2.21 bits per heavy atom. The number of ether oxygens (including phenoxy) is 2. The van der Waals surface area contributed by atoms with Gasteiger partial charge in [0.1, 0.15) is 5.75 Å². The third-order valence-corrected chi connectivity index (χ3v) is 3.67. The molecular formula is C14H14N2O3. The van der Waals surface area contributed by atoms with Crippen LogP contribution >= 0.6 is 0 Å². The van der Waals surface area contributed by atoms with Gasteiger partial charge in [-0.05, 0) is 30.2 Å². The number of fused-ring (bicyclic) bond motifs is 1. The minimum Gasteiger partial charge on any atom is -0.493 e. The van der Waals surface area contributed by atoms with Crippen molar-refractivity contribution in [2.24, 2.45) is 0 Å².